The molecule has 0 radical (unpaired) electrons. The van der Waals surface area contributed by atoms with Crippen LogP contribution in [0.3, 0.4) is 0 Å². The molecule has 0 unspecified atom stereocenters. The van der Waals surface area contributed by atoms with Gasteiger partial charge in [-0.1, -0.05) is 0 Å². The van der Waals surface area contributed by atoms with Crippen molar-refractivity contribution in [3.8, 4) is 0 Å². The van der Waals surface area contributed by atoms with Crippen molar-refractivity contribution in [2.45, 2.75) is 57.9 Å². The van der Waals surface area contributed by atoms with Crippen LogP contribution in [0.5, 0.6) is 0 Å². The maximum Gasteiger partial charge on any atom is 0.332 e. The van der Waals surface area contributed by atoms with Crippen molar-refractivity contribution in [3.63, 3.8) is 0 Å². The van der Waals surface area contributed by atoms with Crippen LogP contribution in [0.2, 0.25) is 0 Å². The molecular formula is C16H22N4O4. The van der Waals surface area contributed by atoms with Gasteiger partial charge in [0, 0.05) is 12.5 Å². The minimum Gasteiger partial charge on any atom is -0.363 e. The van der Waals surface area contributed by atoms with E-state index in [1.54, 1.807) is 0 Å². The number of likely N-dealkylation sites (tertiary alicyclic amines) is 1. The molecular weight excluding hydrogens is 312 g/mol. The molecule has 0 N–H and O–H groups in total. The molecule has 1 saturated heterocycles. The zero-order valence-corrected chi connectivity index (χ0v) is 14.0. The molecule has 1 aromatic heterocycles. The average Bonchev–Trinajstić information content (AvgIpc) is 3.33. The SMILES string of the molecule is CC(C)n1nc2n(c(=O)c1=O)C[C@]1(CCN(C(=O)C3CC3)C1)OC2. The summed E-state index contributed by atoms with van der Waals surface area (Å²) in [6.45, 7) is 5.24. The number of hydrogen-bond acceptors (Lipinski definition) is 5. The van der Waals surface area contributed by atoms with Gasteiger partial charge in [-0.2, -0.15) is 5.10 Å². The van der Waals surface area contributed by atoms with Gasteiger partial charge in [0.2, 0.25) is 5.91 Å². The fourth-order valence-corrected chi connectivity index (χ4v) is 3.59. The van der Waals surface area contributed by atoms with Gasteiger partial charge in [-0.3, -0.25) is 19.0 Å². The molecule has 3 heterocycles. The summed E-state index contributed by atoms with van der Waals surface area (Å²) in [6.07, 6.45) is 2.64. The van der Waals surface area contributed by atoms with Crippen LogP contribution >= 0.6 is 0 Å². The third kappa shape index (κ3) is 2.40. The Morgan fingerprint density at radius 1 is 1.25 bits per heavy atom. The number of carbonyl (C=O) groups is 1. The van der Waals surface area contributed by atoms with Gasteiger partial charge in [0.25, 0.3) is 0 Å². The summed E-state index contributed by atoms with van der Waals surface area (Å²) in [7, 11) is 0. The van der Waals surface area contributed by atoms with Gasteiger partial charge in [0.05, 0.1) is 19.1 Å². The highest BCUT2D eigenvalue weighted by Gasteiger charge is 2.46. The molecule has 3 aliphatic rings. The molecule has 0 aromatic carbocycles. The van der Waals surface area contributed by atoms with Gasteiger partial charge < -0.3 is 9.64 Å². The van der Waals surface area contributed by atoms with Crippen molar-refractivity contribution < 1.29 is 9.53 Å². The molecule has 130 valence electrons. The predicted octanol–water partition coefficient (Wildman–Crippen LogP) is -0.103. The second-order valence-corrected chi connectivity index (χ2v) is 7.41. The van der Waals surface area contributed by atoms with Crippen LogP contribution in [0.4, 0.5) is 0 Å². The van der Waals surface area contributed by atoms with E-state index in [9.17, 15) is 14.4 Å². The zero-order chi connectivity index (χ0) is 17.1. The lowest BCUT2D eigenvalue weighted by molar-refractivity contribution is -0.134. The number of amides is 1. The van der Waals surface area contributed by atoms with Crippen LogP contribution in [0.1, 0.15) is 45.0 Å². The van der Waals surface area contributed by atoms with Crippen LogP contribution in [0.15, 0.2) is 9.59 Å². The van der Waals surface area contributed by atoms with E-state index in [-0.39, 0.29) is 31.0 Å². The van der Waals surface area contributed by atoms with E-state index < -0.39 is 16.7 Å². The van der Waals surface area contributed by atoms with Crippen LogP contribution < -0.4 is 11.1 Å². The van der Waals surface area contributed by atoms with E-state index in [4.69, 9.17) is 4.74 Å². The molecule has 0 bridgehead atoms. The van der Waals surface area contributed by atoms with Crippen molar-refractivity contribution >= 4 is 5.91 Å². The molecule has 1 spiro atoms. The summed E-state index contributed by atoms with van der Waals surface area (Å²) in [5.74, 6) is 0.853. The molecule has 24 heavy (non-hydrogen) atoms. The Morgan fingerprint density at radius 3 is 2.67 bits per heavy atom. The highest BCUT2D eigenvalue weighted by atomic mass is 16.5. The van der Waals surface area contributed by atoms with E-state index in [1.807, 2.05) is 18.7 Å². The predicted molar refractivity (Wildman–Crippen MR) is 84.6 cm³/mol. The first-order chi connectivity index (χ1) is 11.4. The Balaban J connectivity index is 1.62. The Hall–Kier alpha value is -1.96. The Bertz CT molecular complexity index is 807. The normalized spacial score (nSPS) is 26.2. The fraction of sp³-hybridized carbons (Fsp3) is 0.750. The van der Waals surface area contributed by atoms with E-state index in [0.717, 1.165) is 12.8 Å². The highest BCUT2D eigenvalue weighted by molar-refractivity contribution is 5.81. The summed E-state index contributed by atoms with van der Waals surface area (Å²) in [5, 5.41) is 4.28. The minimum absolute atomic E-state index is 0.176. The lowest BCUT2D eigenvalue weighted by Gasteiger charge is -2.35. The molecule has 1 atom stereocenters. The topological polar surface area (TPSA) is 86.4 Å². The minimum atomic E-state index is -0.602. The van der Waals surface area contributed by atoms with Crippen molar-refractivity contribution in [1.29, 1.82) is 0 Å². The van der Waals surface area contributed by atoms with Crippen LogP contribution in [0.25, 0.3) is 0 Å². The fourth-order valence-electron chi connectivity index (χ4n) is 3.59. The first-order valence-corrected chi connectivity index (χ1v) is 8.55. The maximum atomic E-state index is 12.5. The third-order valence-corrected chi connectivity index (χ3v) is 5.17. The Kier molecular flexibility index (Phi) is 3.42. The summed E-state index contributed by atoms with van der Waals surface area (Å²) < 4.78 is 8.69. The molecule has 2 aliphatic heterocycles. The van der Waals surface area contributed by atoms with Crippen molar-refractivity contribution in [3.05, 3.63) is 26.5 Å². The summed E-state index contributed by atoms with van der Waals surface area (Å²) in [4.78, 5) is 38.8. The standard InChI is InChI=1S/C16H22N4O4/c1-10(2)20-15(23)14(22)19-9-16(24-7-12(19)17-20)5-6-18(8-16)13(21)11-3-4-11/h10-11H,3-9H2,1-2H3/t16-/m1/s1. The van der Waals surface area contributed by atoms with Gasteiger partial charge in [-0.15, -0.1) is 0 Å². The van der Waals surface area contributed by atoms with Gasteiger partial charge in [-0.05, 0) is 33.1 Å². The molecule has 1 aromatic rings. The van der Waals surface area contributed by atoms with Gasteiger partial charge in [-0.25, -0.2) is 4.68 Å². The highest BCUT2D eigenvalue weighted by Crippen LogP contribution is 2.36. The van der Waals surface area contributed by atoms with E-state index in [2.05, 4.69) is 5.10 Å². The molecule has 1 saturated carbocycles. The number of ether oxygens (including phenoxy) is 1. The van der Waals surface area contributed by atoms with Gasteiger partial charge in [0.1, 0.15) is 12.2 Å². The number of aromatic nitrogens is 3. The second kappa shape index (κ2) is 5.27. The first kappa shape index (κ1) is 15.6. The van der Waals surface area contributed by atoms with Crippen LogP contribution in [-0.4, -0.2) is 43.8 Å². The smallest absolute Gasteiger partial charge is 0.332 e. The molecule has 1 aliphatic carbocycles. The lowest BCUT2D eigenvalue weighted by Crippen LogP contribution is -2.53. The molecule has 1 amide bonds. The first-order valence-electron chi connectivity index (χ1n) is 8.55. The van der Waals surface area contributed by atoms with E-state index in [1.165, 1.54) is 9.25 Å². The van der Waals surface area contributed by atoms with E-state index >= 15 is 0 Å². The van der Waals surface area contributed by atoms with Gasteiger partial charge >= 0.3 is 11.1 Å². The zero-order valence-electron chi connectivity index (χ0n) is 14.0. The van der Waals surface area contributed by atoms with Crippen molar-refractivity contribution in [2.24, 2.45) is 5.92 Å². The molecule has 4 rings (SSSR count). The number of fused-ring (bicyclic) bond motifs is 1. The quantitative estimate of drug-likeness (QED) is 0.705. The van der Waals surface area contributed by atoms with Gasteiger partial charge in [0.15, 0.2) is 5.82 Å². The van der Waals surface area contributed by atoms with E-state index in [0.29, 0.717) is 25.3 Å². The molecule has 8 nitrogen and oxygen atoms in total. The Labute approximate surface area is 139 Å². The number of nitrogens with zero attached hydrogens (tertiary/aromatic N) is 4. The lowest BCUT2D eigenvalue weighted by atomic mass is 10.0. The third-order valence-electron chi connectivity index (χ3n) is 5.17. The molecule has 2 fully saturated rings. The summed E-state index contributed by atoms with van der Waals surface area (Å²) >= 11 is 0. The second-order valence-electron chi connectivity index (χ2n) is 7.41. The largest absolute Gasteiger partial charge is 0.363 e. The molecule has 8 heteroatoms. The average molecular weight is 334 g/mol. The van der Waals surface area contributed by atoms with Crippen LogP contribution in [-0.2, 0) is 22.7 Å². The number of carbonyl (C=O) groups excluding carboxylic acids is 1. The number of hydrogen-bond donors (Lipinski definition) is 0. The van der Waals surface area contributed by atoms with Crippen molar-refractivity contribution in [1.82, 2.24) is 19.2 Å². The summed E-state index contributed by atoms with van der Waals surface area (Å²) in [5.41, 5.74) is -1.72. The van der Waals surface area contributed by atoms with Crippen LogP contribution in [0, 0.1) is 5.92 Å². The van der Waals surface area contributed by atoms with Crippen molar-refractivity contribution in [2.75, 3.05) is 13.1 Å². The monoisotopic (exact) mass is 334 g/mol. The number of rotatable bonds is 2. The summed E-state index contributed by atoms with van der Waals surface area (Å²) in [6, 6.07) is -0.176. The maximum absolute atomic E-state index is 12.5. The Morgan fingerprint density at radius 2 is 2.00 bits per heavy atom.